The molecule has 0 unspecified atom stereocenters. The molecule has 37 heavy (non-hydrogen) atoms. The van der Waals surface area contributed by atoms with Gasteiger partial charge in [-0.05, 0) is 17.5 Å². The highest BCUT2D eigenvalue weighted by atomic mass is 14.0. The Kier molecular flexibility index (Phi) is 76.3. The summed E-state index contributed by atoms with van der Waals surface area (Å²) in [5.41, 5.74) is 2.74. The first-order valence-electron chi connectivity index (χ1n) is 15.2. The lowest BCUT2D eigenvalue weighted by molar-refractivity contribution is 1.09. The van der Waals surface area contributed by atoms with E-state index in [1.54, 1.807) is 0 Å². The molecule has 0 radical (unpaired) electrons. The molecule has 3 aromatic rings. The Bertz CT molecular complexity index is 527. The lowest BCUT2D eigenvalue weighted by atomic mass is 10.1. The molecule has 0 atom stereocenters. The maximum atomic E-state index is 2.16. The first kappa shape index (κ1) is 47.8. The van der Waals surface area contributed by atoms with E-state index >= 15 is 0 Å². The summed E-state index contributed by atoms with van der Waals surface area (Å²) in [6.45, 7) is 29.0. The highest BCUT2D eigenvalue weighted by molar-refractivity contribution is 5.25. The summed E-state index contributed by atoms with van der Waals surface area (Å²) >= 11 is 0. The first-order valence-corrected chi connectivity index (χ1v) is 15.2. The zero-order valence-electron chi connectivity index (χ0n) is 27.8. The second-order valence-corrected chi connectivity index (χ2v) is 7.13. The van der Waals surface area contributed by atoms with Gasteiger partial charge in [0, 0.05) is 0 Å². The van der Waals surface area contributed by atoms with Gasteiger partial charge in [0.05, 0.1) is 0 Å². The number of rotatable bonds is 2. The minimum absolute atomic E-state index is 1.03. The summed E-state index contributed by atoms with van der Waals surface area (Å²) in [7, 11) is 0. The molecule has 0 saturated heterocycles. The van der Waals surface area contributed by atoms with Crippen LogP contribution in [0.5, 0.6) is 0 Å². The first-order chi connectivity index (χ1) is 18.1. The fraction of sp³-hybridized carbons (Fsp3) is 0.514. The van der Waals surface area contributed by atoms with Gasteiger partial charge in [-0.1, -0.05) is 220 Å². The van der Waals surface area contributed by atoms with E-state index in [9.17, 15) is 0 Å². The zero-order chi connectivity index (χ0) is 30.0. The lowest BCUT2D eigenvalue weighted by Crippen LogP contribution is -1.85. The van der Waals surface area contributed by atoms with E-state index in [0.717, 1.165) is 6.42 Å². The number of hydrogen-bond acceptors (Lipinski definition) is 0. The van der Waals surface area contributed by atoms with E-state index in [-0.39, 0.29) is 0 Å². The molecule has 3 rings (SSSR count). The Morgan fingerprint density at radius 3 is 0.595 bits per heavy atom. The van der Waals surface area contributed by atoms with Gasteiger partial charge in [0.1, 0.15) is 0 Å². The molecular weight excluding hydrogens is 444 g/mol. The minimum Gasteiger partial charge on any atom is -0.0683 e. The van der Waals surface area contributed by atoms with E-state index in [1.165, 1.54) is 36.8 Å². The van der Waals surface area contributed by atoms with Gasteiger partial charge in [0.15, 0.2) is 0 Å². The zero-order valence-corrected chi connectivity index (χ0v) is 27.8. The van der Waals surface area contributed by atoms with Crippen LogP contribution in [0.1, 0.15) is 134 Å². The predicted molar refractivity (Wildman–Crippen MR) is 180 cm³/mol. The summed E-state index contributed by atoms with van der Waals surface area (Å²) in [5, 5.41) is 0. The van der Waals surface area contributed by atoms with Gasteiger partial charge in [-0.3, -0.25) is 0 Å². The van der Waals surface area contributed by atoms with Gasteiger partial charge in [0.25, 0.3) is 0 Å². The molecule has 0 aliphatic heterocycles. The van der Waals surface area contributed by atoms with Crippen LogP contribution in [0.15, 0.2) is 97.1 Å². The molecule has 0 saturated carbocycles. The van der Waals surface area contributed by atoms with Crippen LogP contribution in [-0.4, -0.2) is 0 Å². The molecule has 216 valence electrons. The van der Waals surface area contributed by atoms with Crippen molar-refractivity contribution in [3.8, 4) is 0 Å². The predicted octanol–water partition coefficient (Wildman–Crippen LogP) is 13.7. The Morgan fingerprint density at radius 2 is 0.432 bits per heavy atom. The van der Waals surface area contributed by atoms with Gasteiger partial charge >= 0.3 is 0 Å². The lowest BCUT2D eigenvalue weighted by Gasteiger charge is -2.00. The third kappa shape index (κ3) is 60.3. The molecule has 0 nitrogen and oxygen atoms in total. The highest BCUT2D eigenvalue weighted by Crippen LogP contribution is 2.07. The molecular formula is C37H68. The Hall–Kier alpha value is -2.34. The molecule has 0 aliphatic carbocycles. The van der Waals surface area contributed by atoms with Gasteiger partial charge in [0.2, 0.25) is 0 Å². The summed E-state index contributed by atoms with van der Waals surface area (Å²) < 4.78 is 0. The van der Waals surface area contributed by atoms with Crippen LogP contribution in [0.25, 0.3) is 0 Å². The van der Waals surface area contributed by atoms with Crippen molar-refractivity contribution in [1.82, 2.24) is 0 Å². The standard InChI is InChI=1S/C13H12.C6H6.4C3H8.3C2H6/c1-3-7-12(8-4-1)11-13-9-5-2-6-10-13;1-2-4-6-5-3-1;4*1-3-2;3*1-2/h1-10H,11H2;1-6H;4*3H2,1-2H3;3*1-2H3. The van der Waals surface area contributed by atoms with Crippen LogP contribution in [-0.2, 0) is 6.42 Å². The van der Waals surface area contributed by atoms with Crippen LogP contribution in [0.2, 0.25) is 0 Å². The third-order valence-electron chi connectivity index (χ3n) is 2.76. The van der Waals surface area contributed by atoms with E-state index in [4.69, 9.17) is 0 Å². The molecule has 0 aliphatic rings. The van der Waals surface area contributed by atoms with Crippen molar-refractivity contribution in [1.29, 1.82) is 0 Å². The van der Waals surface area contributed by atoms with E-state index in [1.807, 2.05) is 77.9 Å². The van der Waals surface area contributed by atoms with Crippen molar-refractivity contribution < 1.29 is 0 Å². The van der Waals surface area contributed by atoms with E-state index < -0.39 is 0 Å². The summed E-state index contributed by atoms with van der Waals surface area (Å²) in [4.78, 5) is 0. The van der Waals surface area contributed by atoms with E-state index in [2.05, 4.69) is 116 Å². The van der Waals surface area contributed by atoms with Crippen LogP contribution in [0, 0.1) is 0 Å². The average molecular weight is 513 g/mol. The molecule has 0 heteroatoms. The van der Waals surface area contributed by atoms with Crippen LogP contribution >= 0.6 is 0 Å². The Labute approximate surface area is 237 Å². The molecule has 0 fully saturated rings. The van der Waals surface area contributed by atoms with Gasteiger partial charge in [-0.2, -0.15) is 0 Å². The largest absolute Gasteiger partial charge is 0.0683 e. The maximum Gasteiger partial charge on any atom is -0.00258 e. The van der Waals surface area contributed by atoms with Crippen molar-refractivity contribution in [2.45, 2.75) is 129 Å². The summed E-state index contributed by atoms with van der Waals surface area (Å²) in [6, 6.07) is 33.1. The topological polar surface area (TPSA) is 0 Å². The van der Waals surface area contributed by atoms with Crippen molar-refractivity contribution in [3.05, 3.63) is 108 Å². The van der Waals surface area contributed by atoms with E-state index in [0.29, 0.717) is 0 Å². The Morgan fingerprint density at radius 1 is 0.297 bits per heavy atom. The normalized spacial score (nSPS) is 7.19. The Balaban J connectivity index is -0.0000000851. The summed E-state index contributed by atoms with van der Waals surface area (Å²) in [5.74, 6) is 0. The van der Waals surface area contributed by atoms with Gasteiger partial charge in [-0.25, -0.2) is 0 Å². The van der Waals surface area contributed by atoms with Crippen molar-refractivity contribution in [2.24, 2.45) is 0 Å². The average Bonchev–Trinajstić information content (AvgIpc) is 2.96. The second-order valence-electron chi connectivity index (χ2n) is 7.13. The van der Waals surface area contributed by atoms with Crippen LogP contribution in [0.4, 0.5) is 0 Å². The smallest absolute Gasteiger partial charge is 0.00258 e. The monoisotopic (exact) mass is 513 g/mol. The number of benzene rings is 3. The molecule has 0 amide bonds. The second kappa shape index (κ2) is 59.0. The molecule has 3 aromatic carbocycles. The van der Waals surface area contributed by atoms with Crippen LogP contribution in [0.3, 0.4) is 0 Å². The molecule has 0 bridgehead atoms. The molecule has 0 N–H and O–H groups in total. The number of hydrogen-bond donors (Lipinski definition) is 0. The van der Waals surface area contributed by atoms with Crippen LogP contribution < -0.4 is 0 Å². The third-order valence-corrected chi connectivity index (χ3v) is 2.76. The fourth-order valence-corrected chi connectivity index (χ4v) is 1.81. The quantitative estimate of drug-likeness (QED) is 0.320. The SMILES string of the molecule is CC.CC.CC.CCC.CCC.CCC.CCC.c1ccc(Cc2ccccc2)cc1.c1ccccc1. The fourth-order valence-electron chi connectivity index (χ4n) is 1.81. The maximum absolute atomic E-state index is 2.16. The summed E-state index contributed by atoms with van der Waals surface area (Å²) in [6.07, 6.45) is 6.03. The van der Waals surface area contributed by atoms with Crippen molar-refractivity contribution in [2.75, 3.05) is 0 Å². The van der Waals surface area contributed by atoms with Crippen molar-refractivity contribution >= 4 is 0 Å². The minimum atomic E-state index is 1.03. The molecule has 0 spiro atoms. The van der Waals surface area contributed by atoms with Gasteiger partial charge in [-0.15, -0.1) is 0 Å². The van der Waals surface area contributed by atoms with Gasteiger partial charge < -0.3 is 0 Å². The molecule has 0 heterocycles. The molecule has 0 aromatic heterocycles. The van der Waals surface area contributed by atoms with Crippen molar-refractivity contribution in [3.63, 3.8) is 0 Å². The highest BCUT2D eigenvalue weighted by Gasteiger charge is 1.92.